The van der Waals surface area contributed by atoms with Crippen molar-refractivity contribution in [2.75, 3.05) is 0 Å². The molecule has 1 aromatic rings. The summed E-state index contributed by atoms with van der Waals surface area (Å²) in [5.41, 5.74) is -3.78. The van der Waals surface area contributed by atoms with Crippen molar-refractivity contribution in [2.45, 2.75) is 106 Å². The predicted octanol–water partition coefficient (Wildman–Crippen LogP) is 6.58. The third kappa shape index (κ3) is 4.43. The average molecular weight is 593 g/mol. The Balaban J connectivity index is 1.65. The van der Waals surface area contributed by atoms with Crippen molar-refractivity contribution in [1.29, 1.82) is 0 Å². The summed E-state index contributed by atoms with van der Waals surface area (Å²) < 4.78 is 0. The number of allylic oxidation sites excluding steroid dienone is 1. The van der Waals surface area contributed by atoms with Gasteiger partial charge in [-0.25, -0.2) is 0 Å². The maximum absolute atomic E-state index is 14.5. The van der Waals surface area contributed by atoms with Gasteiger partial charge in [0, 0.05) is 22.3 Å². The smallest absolute Gasteiger partial charge is 0.203 e. The molecule has 0 saturated heterocycles. The third-order valence-electron chi connectivity index (χ3n) is 11.1. The van der Waals surface area contributed by atoms with Crippen LogP contribution in [0.5, 0.6) is 5.75 Å². The van der Waals surface area contributed by atoms with Crippen molar-refractivity contribution in [2.24, 2.45) is 39.4 Å². The van der Waals surface area contributed by atoms with Crippen LogP contribution < -0.4 is 0 Å². The summed E-state index contributed by atoms with van der Waals surface area (Å²) >= 11 is 0. The van der Waals surface area contributed by atoms with Crippen molar-refractivity contribution in [3.8, 4) is 5.75 Å². The molecule has 0 amide bonds. The van der Waals surface area contributed by atoms with Gasteiger partial charge < -0.3 is 20.4 Å². The second kappa shape index (κ2) is 9.53. The molecule has 4 N–H and O–H groups in total. The van der Waals surface area contributed by atoms with Gasteiger partial charge in [0.25, 0.3) is 0 Å². The number of hydrogen-bond acceptors (Lipinski definition) is 7. The number of fused-ring (bicyclic) bond motifs is 3. The first-order chi connectivity index (χ1) is 19.6. The number of carbonyl (C=O) groups is 3. The van der Waals surface area contributed by atoms with Gasteiger partial charge in [-0.3, -0.25) is 14.4 Å². The van der Waals surface area contributed by atoms with E-state index in [0.29, 0.717) is 29.9 Å². The van der Waals surface area contributed by atoms with Crippen LogP contribution in [0.1, 0.15) is 105 Å². The monoisotopic (exact) mass is 592 g/mol. The number of benzene rings is 1. The molecule has 0 radical (unpaired) electrons. The van der Waals surface area contributed by atoms with Crippen LogP contribution in [0.15, 0.2) is 29.0 Å². The summed E-state index contributed by atoms with van der Waals surface area (Å²) in [5.74, 6) is -4.59. The van der Waals surface area contributed by atoms with E-state index >= 15 is 0 Å². The lowest BCUT2D eigenvalue weighted by molar-refractivity contribution is -0.178. The fraction of sp³-hybridized carbons (Fsp3) is 0.639. The van der Waals surface area contributed by atoms with E-state index in [4.69, 9.17) is 0 Å². The SMILES string of the molecule is CC(=O)C1=C(O)[C@]2(O)C(=O)C3=C(O)c4c(ccc(CC5CC(C)(C)CC(C)(C)C5)c4O)C[C@]3(C)C[C@]2(C)C(C(C)C)C1=O. The van der Waals surface area contributed by atoms with Gasteiger partial charge in [0.15, 0.2) is 17.2 Å². The number of phenols is 1. The summed E-state index contributed by atoms with van der Waals surface area (Å²) in [6, 6.07) is 3.83. The molecule has 4 aliphatic rings. The number of hydrogen-bond donors (Lipinski definition) is 4. The highest BCUT2D eigenvalue weighted by Gasteiger charge is 2.72. The van der Waals surface area contributed by atoms with Crippen LogP contribution in [-0.2, 0) is 27.2 Å². The van der Waals surface area contributed by atoms with Crippen molar-refractivity contribution < 1.29 is 34.8 Å². The molecule has 0 aromatic heterocycles. The number of aliphatic hydroxyl groups excluding tert-OH is 2. The molecule has 7 nitrogen and oxygen atoms in total. The van der Waals surface area contributed by atoms with E-state index in [-0.39, 0.29) is 40.1 Å². The molecular formula is C36H48O7. The number of ketones is 3. The second-order valence-corrected chi connectivity index (χ2v) is 16.6. The van der Waals surface area contributed by atoms with Crippen LogP contribution >= 0.6 is 0 Å². The first kappa shape index (κ1) is 31.5. The summed E-state index contributed by atoms with van der Waals surface area (Å²) in [5, 5.41) is 47.0. The highest BCUT2D eigenvalue weighted by molar-refractivity contribution is 6.24. The Morgan fingerprint density at radius 3 is 2.07 bits per heavy atom. The summed E-state index contributed by atoms with van der Waals surface area (Å²) in [6.45, 7) is 17.3. The van der Waals surface area contributed by atoms with Gasteiger partial charge in [-0.05, 0) is 79.2 Å². The number of rotatable bonds is 4. The minimum Gasteiger partial charge on any atom is -0.508 e. The lowest BCUT2D eigenvalue weighted by Crippen LogP contribution is -2.69. The van der Waals surface area contributed by atoms with Crippen LogP contribution in [0.4, 0.5) is 0 Å². The molecule has 4 aliphatic carbocycles. The topological polar surface area (TPSA) is 132 Å². The number of phenolic OH excluding ortho intramolecular Hbond substituents is 1. The lowest BCUT2D eigenvalue weighted by atomic mass is 9.43. The van der Waals surface area contributed by atoms with Crippen molar-refractivity contribution in [3.05, 3.63) is 45.7 Å². The predicted molar refractivity (Wildman–Crippen MR) is 164 cm³/mol. The molecule has 0 spiro atoms. The largest absolute Gasteiger partial charge is 0.508 e. The van der Waals surface area contributed by atoms with E-state index in [1.54, 1.807) is 20.8 Å². The van der Waals surface area contributed by atoms with Gasteiger partial charge in [0.1, 0.15) is 22.8 Å². The Bertz CT molecular complexity index is 1490. The fourth-order valence-electron chi connectivity index (χ4n) is 10.4. The van der Waals surface area contributed by atoms with Crippen LogP contribution in [0, 0.1) is 39.4 Å². The first-order valence-corrected chi connectivity index (χ1v) is 15.6. The molecule has 4 atom stereocenters. The van der Waals surface area contributed by atoms with E-state index in [1.807, 2.05) is 19.1 Å². The zero-order chi connectivity index (χ0) is 32.2. The minimum atomic E-state index is -2.59. The number of Topliss-reactive ketones (excluding diaryl/α,β-unsaturated/α-hetero) is 3. The maximum atomic E-state index is 14.5. The van der Waals surface area contributed by atoms with Gasteiger partial charge in [0.2, 0.25) is 5.78 Å². The molecule has 43 heavy (non-hydrogen) atoms. The molecule has 234 valence electrons. The zero-order valence-electron chi connectivity index (χ0n) is 27.1. The number of aromatic hydroxyl groups is 1. The number of aliphatic hydroxyl groups is 3. The standard InChI is InChI=1S/C36H48O7/c1-18(2)25-28(39)23(19(3)37)30(41)36(43)31(42)26-29(40)24-22(15-34(26,8)17-35(25,36)9)11-10-21(27(24)38)12-20-13-32(4,5)16-33(6,7)14-20/h10-11,18,20,25,38,40-41,43H,12-17H2,1-9H3/t25?,34-,35-,36+/m1/s1. The molecule has 0 aliphatic heterocycles. The molecular weight excluding hydrogens is 544 g/mol. The quantitative estimate of drug-likeness (QED) is 0.290. The van der Waals surface area contributed by atoms with Crippen LogP contribution in [0.25, 0.3) is 5.76 Å². The Kier molecular flexibility index (Phi) is 6.98. The van der Waals surface area contributed by atoms with E-state index in [9.17, 15) is 34.8 Å². The third-order valence-corrected chi connectivity index (χ3v) is 11.1. The van der Waals surface area contributed by atoms with E-state index in [1.165, 1.54) is 0 Å². The Labute approximate surface area is 255 Å². The van der Waals surface area contributed by atoms with Gasteiger partial charge in [-0.15, -0.1) is 0 Å². The Morgan fingerprint density at radius 1 is 0.953 bits per heavy atom. The fourth-order valence-corrected chi connectivity index (χ4v) is 10.4. The van der Waals surface area contributed by atoms with Crippen LogP contribution in [-0.4, -0.2) is 43.4 Å². The second-order valence-electron chi connectivity index (χ2n) is 16.6. The molecule has 5 rings (SSSR count). The molecule has 2 fully saturated rings. The van der Waals surface area contributed by atoms with E-state index in [0.717, 1.165) is 26.2 Å². The molecule has 0 heterocycles. The lowest BCUT2D eigenvalue weighted by Gasteiger charge is -2.59. The van der Waals surface area contributed by atoms with Gasteiger partial charge >= 0.3 is 0 Å². The molecule has 2 saturated carbocycles. The van der Waals surface area contributed by atoms with Crippen LogP contribution in [0.2, 0.25) is 0 Å². The summed E-state index contributed by atoms with van der Waals surface area (Å²) in [7, 11) is 0. The normalized spacial score (nSPS) is 33.8. The average Bonchev–Trinajstić information content (AvgIpc) is 2.80. The van der Waals surface area contributed by atoms with E-state index < -0.39 is 56.8 Å². The summed E-state index contributed by atoms with van der Waals surface area (Å²) in [6.07, 6.45) is 4.17. The van der Waals surface area contributed by atoms with Crippen molar-refractivity contribution >= 4 is 23.1 Å². The molecule has 1 unspecified atom stereocenters. The highest BCUT2D eigenvalue weighted by atomic mass is 16.3. The molecule has 0 bridgehead atoms. The van der Waals surface area contributed by atoms with Gasteiger partial charge in [-0.1, -0.05) is 67.5 Å². The Morgan fingerprint density at radius 2 is 1.53 bits per heavy atom. The van der Waals surface area contributed by atoms with Gasteiger partial charge in [0.05, 0.1) is 5.56 Å². The van der Waals surface area contributed by atoms with Crippen molar-refractivity contribution in [1.82, 2.24) is 0 Å². The van der Waals surface area contributed by atoms with E-state index in [2.05, 4.69) is 27.7 Å². The number of carbonyl (C=O) groups excluding carboxylic acids is 3. The first-order valence-electron chi connectivity index (χ1n) is 15.6. The minimum absolute atomic E-state index is 0.0677. The molecule has 1 aromatic carbocycles. The van der Waals surface area contributed by atoms with Crippen LogP contribution in [0.3, 0.4) is 0 Å². The maximum Gasteiger partial charge on any atom is 0.203 e. The summed E-state index contributed by atoms with van der Waals surface area (Å²) in [4.78, 5) is 40.7. The van der Waals surface area contributed by atoms with Gasteiger partial charge in [-0.2, -0.15) is 0 Å². The highest BCUT2D eigenvalue weighted by Crippen LogP contribution is 2.65. The zero-order valence-corrected chi connectivity index (χ0v) is 27.1. The Hall–Kier alpha value is -2.93. The van der Waals surface area contributed by atoms with Crippen molar-refractivity contribution in [3.63, 3.8) is 0 Å². The molecule has 7 heteroatoms.